The molecule has 0 amide bonds. The number of hydrogen-bond acceptors (Lipinski definition) is 4. The average Bonchev–Trinajstić information content (AvgIpc) is 2.96. The van der Waals surface area contributed by atoms with Crippen LogP contribution in [-0.2, 0) is 0 Å². The minimum absolute atomic E-state index is 0.169. The summed E-state index contributed by atoms with van der Waals surface area (Å²) in [5.41, 5.74) is 1.82. The zero-order valence-electron chi connectivity index (χ0n) is 8.91. The van der Waals surface area contributed by atoms with Crippen LogP contribution in [0, 0.1) is 0 Å². The van der Waals surface area contributed by atoms with Crippen LogP contribution in [0.15, 0.2) is 24.3 Å². The van der Waals surface area contributed by atoms with Gasteiger partial charge in [-0.1, -0.05) is 12.1 Å². The SMILES string of the molecule is c1ccc2c(c1)nnn2O[PH2+]N1CCCC1. The number of benzene rings is 1. The third-order valence-corrected chi connectivity index (χ3v) is 3.87. The predicted molar refractivity (Wildman–Crippen MR) is 64.6 cm³/mol. The summed E-state index contributed by atoms with van der Waals surface area (Å²) in [6.45, 7) is 2.31. The van der Waals surface area contributed by atoms with Crippen molar-refractivity contribution in [1.82, 2.24) is 19.8 Å². The third kappa shape index (κ3) is 1.88. The minimum atomic E-state index is -0.169. The highest BCUT2D eigenvalue weighted by Gasteiger charge is 2.18. The number of aromatic nitrogens is 3. The van der Waals surface area contributed by atoms with Crippen molar-refractivity contribution in [3.63, 3.8) is 0 Å². The second kappa shape index (κ2) is 4.36. The number of nitrogens with zero attached hydrogens (tertiary/aromatic N) is 4. The van der Waals surface area contributed by atoms with E-state index in [1.54, 1.807) is 4.85 Å². The van der Waals surface area contributed by atoms with Crippen molar-refractivity contribution < 1.29 is 4.62 Å². The monoisotopic (exact) mass is 237 g/mol. The first-order valence-corrected chi connectivity index (χ1v) is 6.47. The van der Waals surface area contributed by atoms with Crippen molar-refractivity contribution in [1.29, 1.82) is 0 Å². The standard InChI is InChI=1S/C10H13N4OP/c1-2-6-10-9(5-1)11-12-14(10)15-16-13-7-3-4-8-13/h1-2,5-6,16H,3-4,7-8H2/p+1. The predicted octanol–water partition coefficient (Wildman–Crippen LogP) is 1.20. The van der Waals surface area contributed by atoms with E-state index in [1.807, 2.05) is 24.3 Å². The molecule has 6 heteroatoms. The smallest absolute Gasteiger partial charge is 0.230 e. The molecule has 1 aromatic heterocycles. The maximum Gasteiger partial charge on any atom is 0.269 e. The summed E-state index contributed by atoms with van der Waals surface area (Å²) in [6.07, 6.45) is 2.57. The summed E-state index contributed by atoms with van der Waals surface area (Å²) >= 11 is 0. The van der Waals surface area contributed by atoms with Crippen LogP contribution < -0.4 is 4.62 Å². The van der Waals surface area contributed by atoms with Crippen LogP contribution in [0.4, 0.5) is 0 Å². The second-order valence-electron chi connectivity index (χ2n) is 3.90. The molecule has 0 aliphatic carbocycles. The lowest BCUT2D eigenvalue weighted by molar-refractivity contribution is 0.255. The molecule has 0 spiro atoms. The first-order valence-electron chi connectivity index (χ1n) is 5.48. The number of para-hydroxylation sites is 1. The van der Waals surface area contributed by atoms with Crippen molar-refractivity contribution in [2.75, 3.05) is 13.1 Å². The third-order valence-electron chi connectivity index (χ3n) is 2.76. The van der Waals surface area contributed by atoms with E-state index in [0.717, 1.165) is 24.1 Å². The molecule has 1 saturated heterocycles. The van der Waals surface area contributed by atoms with Gasteiger partial charge in [0.1, 0.15) is 11.0 Å². The zero-order chi connectivity index (χ0) is 10.8. The first-order chi connectivity index (χ1) is 7.93. The molecule has 1 fully saturated rings. The van der Waals surface area contributed by atoms with Crippen LogP contribution in [-0.4, -0.2) is 32.9 Å². The van der Waals surface area contributed by atoms with Crippen molar-refractivity contribution in [2.24, 2.45) is 0 Å². The Morgan fingerprint density at radius 3 is 2.88 bits per heavy atom. The highest BCUT2D eigenvalue weighted by atomic mass is 31.1. The summed E-state index contributed by atoms with van der Waals surface area (Å²) in [6, 6.07) is 7.83. The van der Waals surface area contributed by atoms with E-state index in [0.29, 0.717) is 0 Å². The van der Waals surface area contributed by atoms with Gasteiger partial charge in [0.05, 0.1) is 0 Å². The Balaban J connectivity index is 1.73. The highest BCUT2D eigenvalue weighted by Crippen LogP contribution is 2.23. The molecule has 0 saturated carbocycles. The van der Waals surface area contributed by atoms with Gasteiger partial charge in [-0.2, -0.15) is 0 Å². The van der Waals surface area contributed by atoms with Gasteiger partial charge in [0.25, 0.3) is 8.96 Å². The zero-order valence-corrected chi connectivity index (χ0v) is 10.1. The molecule has 1 atom stereocenters. The minimum Gasteiger partial charge on any atom is -0.230 e. The fourth-order valence-corrected chi connectivity index (χ4v) is 2.84. The van der Waals surface area contributed by atoms with Crippen LogP contribution in [0.1, 0.15) is 12.8 Å². The molecule has 1 aliphatic rings. The van der Waals surface area contributed by atoms with E-state index in [1.165, 1.54) is 12.8 Å². The van der Waals surface area contributed by atoms with Crippen molar-refractivity contribution in [3.05, 3.63) is 24.3 Å². The number of fused-ring (bicyclic) bond motifs is 1. The molecule has 1 aromatic carbocycles. The fraction of sp³-hybridized carbons (Fsp3) is 0.400. The lowest BCUT2D eigenvalue weighted by Gasteiger charge is -2.05. The lowest BCUT2D eigenvalue weighted by atomic mass is 10.3. The van der Waals surface area contributed by atoms with Gasteiger partial charge in [0, 0.05) is 13.1 Å². The molecular formula is C10H14N4OP+. The van der Waals surface area contributed by atoms with E-state index in [4.69, 9.17) is 4.62 Å². The summed E-state index contributed by atoms with van der Waals surface area (Å²) in [7, 11) is -0.169. The summed E-state index contributed by atoms with van der Waals surface area (Å²) in [5, 5.41) is 8.04. The number of rotatable bonds is 3. The average molecular weight is 237 g/mol. The Morgan fingerprint density at radius 1 is 1.19 bits per heavy atom. The second-order valence-corrected chi connectivity index (χ2v) is 5.06. The Kier molecular flexibility index (Phi) is 2.72. The summed E-state index contributed by atoms with van der Waals surface area (Å²) < 4.78 is 8.05. The topological polar surface area (TPSA) is 43.2 Å². The van der Waals surface area contributed by atoms with Gasteiger partial charge in [-0.15, -0.1) is 9.77 Å². The fourth-order valence-electron chi connectivity index (χ4n) is 1.88. The molecule has 1 aliphatic heterocycles. The normalized spacial score (nSPS) is 17.8. The Morgan fingerprint density at radius 2 is 2.00 bits per heavy atom. The highest BCUT2D eigenvalue weighted by molar-refractivity contribution is 7.29. The summed E-state index contributed by atoms with van der Waals surface area (Å²) in [4.78, 5) is 1.54. The molecule has 5 nitrogen and oxygen atoms in total. The molecule has 84 valence electrons. The van der Waals surface area contributed by atoms with Crippen molar-refractivity contribution in [2.45, 2.75) is 12.8 Å². The molecule has 1 unspecified atom stereocenters. The Hall–Kier alpha value is -1.19. The van der Waals surface area contributed by atoms with Crippen LogP contribution in [0.5, 0.6) is 0 Å². The van der Waals surface area contributed by atoms with Gasteiger partial charge < -0.3 is 0 Å². The molecule has 0 bridgehead atoms. The molecule has 3 rings (SSSR count). The molecule has 2 heterocycles. The van der Waals surface area contributed by atoms with Gasteiger partial charge in [0.2, 0.25) is 0 Å². The van der Waals surface area contributed by atoms with E-state index >= 15 is 0 Å². The van der Waals surface area contributed by atoms with Gasteiger partial charge in [-0.25, -0.2) is 4.62 Å². The molecule has 0 radical (unpaired) electrons. The molecule has 16 heavy (non-hydrogen) atoms. The lowest BCUT2D eigenvalue weighted by Crippen LogP contribution is -2.14. The molecule has 0 N–H and O–H groups in total. The van der Waals surface area contributed by atoms with Gasteiger partial charge in [-0.05, 0) is 35.0 Å². The van der Waals surface area contributed by atoms with Crippen LogP contribution in [0.25, 0.3) is 11.0 Å². The quantitative estimate of drug-likeness (QED) is 0.752. The van der Waals surface area contributed by atoms with E-state index in [9.17, 15) is 0 Å². The van der Waals surface area contributed by atoms with Crippen LogP contribution in [0.3, 0.4) is 0 Å². The maximum absolute atomic E-state index is 5.70. The van der Waals surface area contributed by atoms with E-state index in [-0.39, 0.29) is 8.96 Å². The van der Waals surface area contributed by atoms with Gasteiger partial charge >= 0.3 is 0 Å². The molecule has 2 aromatic rings. The van der Waals surface area contributed by atoms with E-state index < -0.39 is 0 Å². The number of hydrogen-bond donors (Lipinski definition) is 0. The van der Waals surface area contributed by atoms with Crippen LogP contribution in [0.2, 0.25) is 0 Å². The first kappa shape index (κ1) is 10.00. The van der Waals surface area contributed by atoms with Crippen LogP contribution >= 0.6 is 8.96 Å². The Labute approximate surface area is 95.2 Å². The Bertz CT molecular complexity index is 480. The van der Waals surface area contributed by atoms with Gasteiger partial charge in [0.15, 0.2) is 0 Å². The van der Waals surface area contributed by atoms with Crippen molar-refractivity contribution in [3.8, 4) is 0 Å². The van der Waals surface area contributed by atoms with Gasteiger partial charge in [-0.3, -0.25) is 0 Å². The van der Waals surface area contributed by atoms with E-state index in [2.05, 4.69) is 15.0 Å². The maximum atomic E-state index is 5.70. The van der Waals surface area contributed by atoms with Crippen molar-refractivity contribution >= 4 is 20.0 Å². The molecular weight excluding hydrogens is 223 g/mol. The largest absolute Gasteiger partial charge is 0.269 e. The summed E-state index contributed by atoms with van der Waals surface area (Å²) in [5.74, 6) is 0.